The zero-order valence-electron chi connectivity index (χ0n) is 7.40. The van der Waals surface area contributed by atoms with Crippen molar-refractivity contribution in [2.24, 2.45) is 0 Å². The zero-order chi connectivity index (χ0) is 9.90. The molecule has 0 radical (unpaired) electrons. The summed E-state index contributed by atoms with van der Waals surface area (Å²) >= 11 is 0. The fraction of sp³-hybridized carbons (Fsp3) is 0.333. The molecule has 0 bridgehead atoms. The molecule has 0 saturated heterocycles. The molecule has 0 aromatic heterocycles. The van der Waals surface area contributed by atoms with E-state index in [1.54, 1.807) is 18.2 Å². The maximum atomic E-state index is 10.9. The van der Waals surface area contributed by atoms with Crippen LogP contribution in [-0.4, -0.2) is 42.5 Å². The van der Waals surface area contributed by atoms with Crippen molar-refractivity contribution < 1.29 is 13.0 Å². The van der Waals surface area contributed by atoms with E-state index >= 15 is 0 Å². The molecule has 0 heterocycles. The molecular formula is C9H13NaO3S. The van der Waals surface area contributed by atoms with E-state index in [4.69, 9.17) is 4.55 Å². The Morgan fingerprint density at radius 2 is 1.86 bits per heavy atom. The molecule has 14 heavy (non-hydrogen) atoms. The molecule has 0 unspecified atom stereocenters. The van der Waals surface area contributed by atoms with Crippen LogP contribution in [0.3, 0.4) is 0 Å². The Balaban J connectivity index is 0.00000169. The monoisotopic (exact) mass is 224 g/mol. The third kappa shape index (κ3) is 3.71. The summed E-state index contributed by atoms with van der Waals surface area (Å²) in [6.07, 6.45) is 1.52. The van der Waals surface area contributed by atoms with E-state index in [0.29, 0.717) is 12.0 Å². The Morgan fingerprint density at radius 3 is 2.36 bits per heavy atom. The molecular weight excluding hydrogens is 211 g/mol. The summed E-state index contributed by atoms with van der Waals surface area (Å²) in [6, 6.07) is 6.49. The van der Waals surface area contributed by atoms with E-state index in [0.717, 1.165) is 6.42 Å². The van der Waals surface area contributed by atoms with E-state index in [1.807, 2.05) is 6.92 Å². The van der Waals surface area contributed by atoms with Crippen LogP contribution in [0.4, 0.5) is 0 Å². The molecule has 0 aliphatic rings. The second-order valence-corrected chi connectivity index (χ2v) is 4.22. The van der Waals surface area contributed by atoms with Crippen LogP contribution in [-0.2, 0) is 16.5 Å². The number of hydrogen-bond acceptors (Lipinski definition) is 2. The molecule has 0 aliphatic heterocycles. The van der Waals surface area contributed by atoms with Crippen LogP contribution in [0.5, 0.6) is 0 Å². The van der Waals surface area contributed by atoms with Gasteiger partial charge in [0.1, 0.15) is 0 Å². The van der Waals surface area contributed by atoms with Crippen molar-refractivity contribution in [2.75, 3.05) is 0 Å². The number of aryl methyl sites for hydroxylation is 1. The Bertz CT molecular complexity index is 387. The molecule has 0 amide bonds. The van der Waals surface area contributed by atoms with Gasteiger partial charge in [0.15, 0.2) is 0 Å². The van der Waals surface area contributed by atoms with Gasteiger partial charge in [0.2, 0.25) is 0 Å². The van der Waals surface area contributed by atoms with Crippen molar-refractivity contribution in [3.63, 3.8) is 0 Å². The van der Waals surface area contributed by atoms with Gasteiger partial charge in [-0.1, -0.05) is 31.5 Å². The minimum absolute atomic E-state index is 0. The van der Waals surface area contributed by atoms with Gasteiger partial charge in [-0.05, 0) is 18.1 Å². The van der Waals surface area contributed by atoms with Crippen molar-refractivity contribution in [1.82, 2.24) is 0 Å². The normalized spacial score (nSPS) is 10.7. The van der Waals surface area contributed by atoms with Crippen LogP contribution < -0.4 is 0 Å². The number of rotatable bonds is 3. The zero-order valence-corrected chi connectivity index (χ0v) is 8.21. The summed E-state index contributed by atoms with van der Waals surface area (Å²) < 4.78 is 30.6. The fourth-order valence-corrected chi connectivity index (χ4v) is 1.98. The van der Waals surface area contributed by atoms with Crippen molar-refractivity contribution in [1.29, 1.82) is 0 Å². The molecule has 0 spiro atoms. The van der Waals surface area contributed by atoms with E-state index in [9.17, 15) is 8.42 Å². The van der Waals surface area contributed by atoms with Crippen LogP contribution in [0.25, 0.3) is 0 Å². The molecule has 3 nitrogen and oxygen atoms in total. The topological polar surface area (TPSA) is 54.4 Å². The van der Waals surface area contributed by atoms with E-state index < -0.39 is 10.1 Å². The summed E-state index contributed by atoms with van der Waals surface area (Å²) in [4.78, 5) is 0.0249. The SMILES string of the molecule is CCCc1ccccc1S(=O)(=O)O.[NaH]. The molecule has 1 aromatic carbocycles. The second-order valence-electron chi connectivity index (χ2n) is 2.83. The van der Waals surface area contributed by atoms with Gasteiger partial charge in [-0.3, -0.25) is 4.55 Å². The molecule has 0 atom stereocenters. The molecule has 0 saturated carbocycles. The van der Waals surface area contributed by atoms with Crippen molar-refractivity contribution in [3.05, 3.63) is 29.8 Å². The van der Waals surface area contributed by atoms with Crippen LogP contribution in [0.2, 0.25) is 0 Å². The predicted molar refractivity (Wildman–Crippen MR) is 57.4 cm³/mol. The van der Waals surface area contributed by atoms with E-state index in [1.165, 1.54) is 6.07 Å². The Hall–Kier alpha value is 0.130. The van der Waals surface area contributed by atoms with Gasteiger partial charge < -0.3 is 0 Å². The van der Waals surface area contributed by atoms with Gasteiger partial charge in [-0.2, -0.15) is 8.42 Å². The standard InChI is InChI=1S/C9H12O3S.Na.H/c1-2-5-8-6-3-4-7-9(8)13(10,11)12;;/h3-4,6-7H,2,5H2,1H3,(H,10,11,12);;. The van der Waals surface area contributed by atoms with Crippen molar-refractivity contribution >= 4 is 39.7 Å². The Morgan fingerprint density at radius 1 is 1.29 bits per heavy atom. The molecule has 74 valence electrons. The van der Waals surface area contributed by atoms with Gasteiger partial charge in [0, 0.05) is 0 Å². The maximum absolute atomic E-state index is 10.9. The van der Waals surface area contributed by atoms with Crippen LogP contribution >= 0.6 is 0 Å². The second kappa shape index (κ2) is 5.88. The van der Waals surface area contributed by atoms with Crippen molar-refractivity contribution in [3.8, 4) is 0 Å². The van der Waals surface area contributed by atoms with Gasteiger partial charge in [-0.15, -0.1) is 0 Å². The predicted octanol–water partition coefficient (Wildman–Crippen LogP) is 1.24. The van der Waals surface area contributed by atoms with Gasteiger partial charge >= 0.3 is 29.6 Å². The van der Waals surface area contributed by atoms with E-state index in [2.05, 4.69) is 0 Å². The summed E-state index contributed by atoms with van der Waals surface area (Å²) in [7, 11) is -4.06. The summed E-state index contributed by atoms with van der Waals surface area (Å²) in [5, 5.41) is 0. The Labute approximate surface area is 107 Å². The van der Waals surface area contributed by atoms with Gasteiger partial charge in [0.25, 0.3) is 10.1 Å². The average molecular weight is 224 g/mol. The third-order valence-corrected chi connectivity index (χ3v) is 2.72. The van der Waals surface area contributed by atoms with Crippen LogP contribution in [0, 0.1) is 0 Å². The first-order valence-corrected chi connectivity index (χ1v) is 5.55. The van der Waals surface area contributed by atoms with Crippen LogP contribution in [0.1, 0.15) is 18.9 Å². The fourth-order valence-electron chi connectivity index (χ4n) is 1.23. The molecule has 1 aromatic rings. The quantitative estimate of drug-likeness (QED) is 0.620. The van der Waals surface area contributed by atoms with Gasteiger partial charge in [0.05, 0.1) is 4.90 Å². The molecule has 5 heteroatoms. The minimum atomic E-state index is -4.06. The number of hydrogen-bond donors (Lipinski definition) is 1. The summed E-state index contributed by atoms with van der Waals surface area (Å²) in [5.74, 6) is 0. The first-order valence-electron chi connectivity index (χ1n) is 4.11. The molecule has 0 aliphatic carbocycles. The molecule has 1 N–H and O–H groups in total. The van der Waals surface area contributed by atoms with Gasteiger partial charge in [-0.25, -0.2) is 0 Å². The molecule has 1 rings (SSSR count). The van der Waals surface area contributed by atoms with Crippen LogP contribution in [0.15, 0.2) is 29.2 Å². The Kier molecular flexibility index (Phi) is 5.93. The first kappa shape index (κ1) is 14.1. The summed E-state index contributed by atoms with van der Waals surface area (Å²) in [5.41, 5.74) is 0.674. The summed E-state index contributed by atoms with van der Waals surface area (Å²) in [6.45, 7) is 1.96. The van der Waals surface area contributed by atoms with Crippen molar-refractivity contribution in [2.45, 2.75) is 24.7 Å². The molecule has 0 fully saturated rings. The average Bonchev–Trinajstić information content (AvgIpc) is 2.04. The first-order chi connectivity index (χ1) is 6.05. The van der Waals surface area contributed by atoms with E-state index in [-0.39, 0.29) is 34.5 Å². The third-order valence-electron chi connectivity index (χ3n) is 1.77. The number of benzene rings is 1.